The second-order valence-electron chi connectivity index (χ2n) is 6.63. The molecule has 0 bridgehead atoms. The molecule has 6 heteroatoms. The number of aromatic nitrogens is 2. The molecule has 2 aromatic carbocycles. The average Bonchev–Trinajstić information content (AvgIpc) is 3.17. The smallest absolute Gasteiger partial charge is 0.169 e. The topological polar surface area (TPSA) is 60.2 Å². The van der Waals surface area contributed by atoms with Gasteiger partial charge in [-0.3, -0.25) is 0 Å². The van der Waals surface area contributed by atoms with Gasteiger partial charge in [-0.1, -0.05) is 12.1 Å². The van der Waals surface area contributed by atoms with E-state index in [0.29, 0.717) is 28.3 Å². The summed E-state index contributed by atoms with van der Waals surface area (Å²) in [6.45, 7) is 3.86. The maximum Gasteiger partial charge on any atom is 0.169 e. The Balaban J connectivity index is 1.66. The van der Waals surface area contributed by atoms with Crippen LogP contribution in [0.25, 0.3) is 22.2 Å². The fourth-order valence-electron chi connectivity index (χ4n) is 3.19. The summed E-state index contributed by atoms with van der Waals surface area (Å²) in [7, 11) is 1.65. The Morgan fingerprint density at radius 3 is 2.79 bits per heavy atom. The standard InChI is InChI=1S/C22H20FN3O2/c1-13(15-5-4-6-18(10-15)27-3)24-21-12-20(25-14(2)26-21)17-9-16-7-8-28-22(16)19(23)11-17/h4-13H,1-3H3,(H,24,25,26). The van der Waals surface area contributed by atoms with E-state index in [9.17, 15) is 4.39 Å². The number of nitrogens with zero attached hydrogens (tertiary/aromatic N) is 2. The molecule has 0 spiro atoms. The molecule has 4 rings (SSSR count). The molecule has 1 unspecified atom stereocenters. The van der Waals surface area contributed by atoms with E-state index >= 15 is 0 Å². The van der Waals surface area contributed by atoms with Gasteiger partial charge in [0.1, 0.15) is 17.4 Å². The van der Waals surface area contributed by atoms with Crippen LogP contribution in [-0.4, -0.2) is 17.1 Å². The van der Waals surface area contributed by atoms with Gasteiger partial charge in [0, 0.05) is 17.0 Å². The summed E-state index contributed by atoms with van der Waals surface area (Å²) in [5, 5.41) is 4.09. The number of furan rings is 1. The van der Waals surface area contributed by atoms with Crippen molar-refractivity contribution in [1.82, 2.24) is 9.97 Å². The molecule has 28 heavy (non-hydrogen) atoms. The number of hydrogen-bond acceptors (Lipinski definition) is 5. The number of methoxy groups -OCH3 is 1. The van der Waals surface area contributed by atoms with Crippen molar-refractivity contribution in [3.63, 3.8) is 0 Å². The van der Waals surface area contributed by atoms with E-state index in [0.717, 1.165) is 11.3 Å². The SMILES string of the molecule is COc1cccc(C(C)Nc2cc(-c3cc(F)c4occc4c3)nc(C)n2)c1. The van der Waals surface area contributed by atoms with Crippen LogP contribution in [0.2, 0.25) is 0 Å². The lowest BCUT2D eigenvalue weighted by molar-refractivity contribution is 0.414. The van der Waals surface area contributed by atoms with Crippen LogP contribution in [-0.2, 0) is 0 Å². The largest absolute Gasteiger partial charge is 0.497 e. The van der Waals surface area contributed by atoms with Crippen LogP contribution in [0.15, 0.2) is 59.2 Å². The number of rotatable bonds is 5. The molecule has 1 N–H and O–H groups in total. The Labute approximate surface area is 162 Å². The quantitative estimate of drug-likeness (QED) is 0.496. The van der Waals surface area contributed by atoms with Crippen LogP contribution in [0, 0.1) is 12.7 Å². The zero-order chi connectivity index (χ0) is 19.7. The molecule has 2 aromatic heterocycles. The number of aryl methyl sites for hydroxylation is 1. The van der Waals surface area contributed by atoms with Gasteiger partial charge in [-0.2, -0.15) is 0 Å². The van der Waals surface area contributed by atoms with Gasteiger partial charge < -0.3 is 14.5 Å². The van der Waals surface area contributed by atoms with Crippen LogP contribution in [0.5, 0.6) is 5.75 Å². The summed E-state index contributed by atoms with van der Waals surface area (Å²) < 4.78 is 24.8. The molecular formula is C22H20FN3O2. The van der Waals surface area contributed by atoms with E-state index in [4.69, 9.17) is 9.15 Å². The molecule has 0 radical (unpaired) electrons. The molecule has 0 saturated heterocycles. The predicted octanol–water partition coefficient (Wildman–Crippen LogP) is 5.52. The number of anilines is 1. The first-order chi connectivity index (χ1) is 13.5. The van der Waals surface area contributed by atoms with Crippen molar-refractivity contribution >= 4 is 16.8 Å². The molecular weight excluding hydrogens is 357 g/mol. The zero-order valence-corrected chi connectivity index (χ0v) is 15.9. The lowest BCUT2D eigenvalue weighted by atomic mass is 10.1. The van der Waals surface area contributed by atoms with Crippen LogP contribution in [0.1, 0.15) is 24.4 Å². The van der Waals surface area contributed by atoms with Crippen molar-refractivity contribution in [3.8, 4) is 17.0 Å². The third-order valence-corrected chi connectivity index (χ3v) is 4.60. The number of halogens is 1. The van der Waals surface area contributed by atoms with Crippen molar-refractivity contribution in [2.45, 2.75) is 19.9 Å². The first kappa shape index (κ1) is 18.0. The Hall–Kier alpha value is -3.41. The molecule has 0 aliphatic heterocycles. The molecule has 0 aliphatic carbocycles. The lowest BCUT2D eigenvalue weighted by Gasteiger charge is -2.17. The van der Waals surface area contributed by atoms with E-state index in [1.807, 2.05) is 50.2 Å². The highest BCUT2D eigenvalue weighted by atomic mass is 19.1. The van der Waals surface area contributed by atoms with Gasteiger partial charge in [-0.25, -0.2) is 14.4 Å². The van der Waals surface area contributed by atoms with Crippen LogP contribution in [0.3, 0.4) is 0 Å². The van der Waals surface area contributed by atoms with Crippen molar-refractivity contribution in [1.29, 1.82) is 0 Å². The minimum absolute atomic E-state index is 0.00494. The minimum atomic E-state index is -0.409. The third-order valence-electron chi connectivity index (χ3n) is 4.60. The highest BCUT2D eigenvalue weighted by Crippen LogP contribution is 2.29. The minimum Gasteiger partial charge on any atom is -0.497 e. The van der Waals surface area contributed by atoms with Gasteiger partial charge in [-0.15, -0.1) is 0 Å². The number of fused-ring (bicyclic) bond motifs is 1. The van der Waals surface area contributed by atoms with E-state index in [-0.39, 0.29) is 11.6 Å². The summed E-state index contributed by atoms with van der Waals surface area (Å²) in [6.07, 6.45) is 1.48. The molecule has 142 valence electrons. The molecule has 0 fully saturated rings. The fraction of sp³-hybridized carbons (Fsp3) is 0.182. The van der Waals surface area contributed by atoms with Crippen LogP contribution in [0.4, 0.5) is 10.2 Å². The van der Waals surface area contributed by atoms with Gasteiger partial charge in [0.15, 0.2) is 11.4 Å². The normalized spacial score (nSPS) is 12.1. The van der Waals surface area contributed by atoms with E-state index in [2.05, 4.69) is 15.3 Å². The van der Waals surface area contributed by atoms with Crippen LogP contribution >= 0.6 is 0 Å². The molecule has 2 heterocycles. The Morgan fingerprint density at radius 2 is 1.96 bits per heavy atom. The van der Waals surface area contributed by atoms with Crippen molar-refractivity contribution in [3.05, 3.63) is 72.0 Å². The Bertz CT molecular complexity index is 1140. The third kappa shape index (κ3) is 3.53. The first-order valence-electron chi connectivity index (χ1n) is 8.97. The molecule has 1 atom stereocenters. The van der Waals surface area contributed by atoms with E-state index in [1.165, 1.54) is 12.3 Å². The first-order valence-corrected chi connectivity index (χ1v) is 8.97. The number of ether oxygens (including phenoxy) is 1. The summed E-state index contributed by atoms with van der Waals surface area (Å²) in [4.78, 5) is 8.95. The Kier molecular flexibility index (Phi) is 4.69. The summed E-state index contributed by atoms with van der Waals surface area (Å²) in [5.74, 6) is 1.67. The zero-order valence-electron chi connectivity index (χ0n) is 15.9. The Morgan fingerprint density at radius 1 is 1.11 bits per heavy atom. The summed E-state index contributed by atoms with van der Waals surface area (Å²) in [6, 6.07) is 14.7. The predicted molar refractivity (Wildman–Crippen MR) is 107 cm³/mol. The molecule has 0 amide bonds. The second-order valence-corrected chi connectivity index (χ2v) is 6.63. The molecule has 4 aromatic rings. The monoisotopic (exact) mass is 377 g/mol. The highest BCUT2D eigenvalue weighted by Gasteiger charge is 2.13. The van der Waals surface area contributed by atoms with Crippen LogP contribution < -0.4 is 10.1 Å². The van der Waals surface area contributed by atoms with Gasteiger partial charge in [0.2, 0.25) is 0 Å². The molecule has 5 nitrogen and oxygen atoms in total. The second kappa shape index (κ2) is 7.31. The number of nitrogens with one attached hydrogen (secondary N) is 1. The van der Waals surface area contributed by atoms with Crippen molar-refractivity contribution in [2.75, 3.05) is 12.4 Å². The van der Waals surface area contributed by atoms with Gasteiger partial charge >= 0.3 is 0 Å². The molecule has 0 aliphatic rings. The summed E-state index contributed by atoms with van der Waals surface area (Å²) >= 11 is 0. The highest BCUT2D eigenvalue weighted by molar-refractivity contribution is 5.83. The van der Waals surface area contributed by atoms with Gasteiger partial charge in [0.05, 0.1) is 25.1 Å². The lowest BCUT2D eigenvalue weighted by Crippen LogP contribution is -2.09. The maximum absolute atomic E-state index is 14.3. The summed E-state index contributed by atoms with van der Waals surface area (Å²) in [5.41, 5.74) is 2.64. The van der Waals surface area contributed by atoms with E-state index < -0.39 is 5.82 Å². The number of hydrogen-bond donors (Lipinski definition) is 1. The van der Waals surface area contributed by atoms with E-state index in [1.54, 1.807) is 13.2 Å². The van der Waals surface area contributed by atoms with Crippen molar-refractivity contribution < 1.29 is 13.5 Å². The van der Waals surface area contributed by atoms with Crippen molar-refractivity contribution in [2.24, 2.45) is 0 Å². The maximum atomic E-state index is 14.3. The fourth-order valence-corrected chi connectivity index (χ4v) is 3.19. The van der Waals surface area contributed by atoms with Gasteiger partial charge in [0.25, 0.3) is 0 Å². The number of benzene rings is 2. The molecule has 0 saturated carbocycles. The average molecular weight is 377 g/mol. The van der Waals surface area contributed by atoms with Gasteiger partial charge in [-0.05, 0) is 49.7 Å².